The van der Waals surface area contributed by atoms with Gasteiger partial charge in [-0.3, -0.25) is 4.79 Å². The molecule has 1 aromatic carbocycles. The minimum atomic E-state index is 0.391. The van der Waals surface area contributed by atoms with Crippen LogP contribution in [0.2, 0.25) is 0 Å². The molecule has 0 saturated carbocycles. The molecule has 0 bridgehead atoms. The molecule has 0 N–H and O–H groups in total. The van der Waals surface area contributed by atoms with Crippen molar-refractivity contribution in [2.24, 2.45) is 0 Å². The molecular formula is C13H12BrNO2S. The maximum absolute atomic E-state index is 11.0. The van der Waals surface area contributed by atoms with E-state index in [1.807, 2.05) is 25.3 Å². The van der Waals surface area contributed by atoms with Crippen molar-refractivity contribution >= 4 is 33.6 Å². The van der Waals surface area contributed by atoms with Gasteiger partial charge in [-0.25, -0.2) is 4.98 Å². The van der Waals surface area contributed by atoms with Crippen molar-refractivity contribution in [2.75, 3.05) is 0 Å². The lowest BCUT2D eigenvalue weighted by Gasteiger charge is -2.10. The number of benzene rings is 1. The molecule has 0 fully saturated rings. The summed E-state index contributed by atoms with van der Waals surface area (Å²) in [4.78, 5) is 15.4. The van der Waals surface area contributed by atoms with Gasteiger partial charge < -0.3 is 4.74 Å². The Labute approximate surface area is 118 Å². The fourth-order valence-corrected chi connectivity index (χ4v) is 2.92. The van der Waals surface area contributed by atoms with E-state index in [1.54, 1.807) is 17.4 Å². The summed E-state index contributed by atoms with van der Waals surface area (Å²) in [5, 5.41) is 2.89. The fraction of sp³-hybridized carbons (Fsp3) is 0.231. The van der Waals surface area contributed by atoms with E-state index in [0.717, 1.165) is 27.0 Å². The van der Waals surface area contributed by atoms with E-state index in [-0.39, 0.29) is 0 Å². The summed E-state index contributed by atoms with van der Waals surface area (Å²) in [6.07, 6.45) is 0.806. The Kier molecular flexibility index (Phi) is 4.14. The first-order valence-corrected chi connectivity index (χ1v) is 7.06. The Morgan fingerprint density at radius 3 is 2.83 bits per heavy atom. The molecule has 0 radical (unpaired) electrons. The third-order valence-electron chi connectivity index (χ3n) is 2.40. The number of halogens is 1. The van der Waals surface area contributed by atoms with Gasteiger partial charge in [0.15, 0.2) is 6.29 Å². The summed E-state index contributed by atoms with van der Waals surface area (Å²) in [6, 6.07) is 3.68. The molecule has 0 spiro atoms. The normalized spacial score (nSPS) is 10.4. The summed E-state index contributed by atoms with van der Waals surface area (Å²) < 4.78 is 6.58. The van der Waals surface area contributed by atoms with Crippen LogP contribution in [0, 0.1) is 13.8 Å². The van der Waals surface area contributed by atoms with Crippen LogP contribution >= 0.6 is 27.3 Å². The topological polar surface area (TPSA) is 39.2 Å². The molecule has 94 valence electrons. The van der Waals surface area contributed by atoms with Gasteiger partial charge >= 0.3 is 0 Å². The van der Waals surface area contributed by atoms with Crippen LogP contribution < -0.4 is 4.74 Å². The minimum absolute atomic E-state index is 0.391. The Hall–Kier alpha value is -1.20. The van der Waals surface area contributed by atoms with Crippen LogP contribution in [0.15, 0.2) is 22.0 Å². The predicted molar refractivity (Wildman–Crippen MR) is 75.4 cm³/mol. The number of thiazole rings is 1. The number of hydrogen-bond donors (Lipinski definition) is 0. The number of ether oxygens (including phenoxy) is 1. The van der Waals surface area contributed by atoms with Crippen molar-refractivity contribution < 1.29 is 9.53 Å². The molecule has 0 atom stereocenters. The van der Waals surface area contributed by atoms with Gasteiger partial charge in [0.1, 0.15) is 17.4 Å². The number of rotatable bonds is 4. The third kappa shape index (κ3) is 2.97. The van der Waals surface area contributed by atoms with E-state index in [4.69, 9.17) is 4.74 Å². The summed E-state index contributed by atoms with van der Waals surface area (Å²) >= 11 is 4.92. The Balaban J connectivity index is 2.20. The molecule has 2 rings (SSSR count). The molecule has 1 aromatic heterocycles. The first-order chi connectivity index (χ1) is 8.60. The van der Waals surface area contributed by atoms with Gasteiger partial charge in [-0.1, -0.05) is 15.9 Å². The highest BCUT2D eigenvalue weighted by Gasteiger charge is 2.09. The molecular weight excluding hydrogens is 314 g/mol. The number of carbonyl (C=O) groups excluding carboxylic acids is 1. The molecule has 0 aliphatic carbocycles. The second-order valence-electron chi connectivity index (χ2n) is 3.93. The number of aldehydes is 1. The van der Waals surface area contributed by atoms with Crippen molar-refractivity contribution in [3.8, 4) is 5.75 Å². The molecule has 0 aliphatic heterocycles. The van der Waals surface area contributed by atoms with Crippen LogP contribution in [0.1, 0.15) is 26.6 Å². The number of hydrogen-bond acceptors (Lipinski definition) is 4. The van der Waals surface area contributed by atoms with Crippen molar-refractivity contribution in [1.82, 2.24) is 4.98 Å². The van der Waals surface area contributed by atoms with Crippen molar-refractivity contribution in [1.29, 1.82) is 0 Å². The first-order valence-electron chi connectivity index (χ1n) is 5.39. The molecule has 0 unspecified atom stereocenters. The maximum Gasteiger partial charge on any atom is 0.153 e. The lowest BCUT2D eigenvalue weighted by atomic mass is 10.1. The molecule has 2 aromatic rings. The van der Waals surface area contributed by atoms with E-state index in [2.05, 4.69) is 20.9 Å². The zero-order valence-corrected chi connectivity index (χ0v) is 12.5. The quantitative estimate of drug-likeness (QED) is 0.800. The molecule has 5 heteroatoms. The Bertz CT molecular complexity index is 580. The monoisotopic (exact) mass is 325 g/mol. The molecule has 0 saturated heterocycles. The minimum Gasteiger partial charge on any atom is -0.485 e. The summed E-state index contributed by atoms with van der Waals surface area (Å²) in [5.74, 6) is 0.626. The number of nitrogens with zero attached hydrogens (tertiary/aromatic N) is 1. The first kappa shape index (κ1) is 13.2. The fourth-order valence-electron chi connectivity index (χ4n) is 1.64. The third-order valence-corrected chi connectivity index (χ3v) is 3.80. The standard InChI is InChI=1S/C13H12BrNO2S/c1-8-3-11(14)4-10(5-16)13(8)17-6-12-15-9(2)7-18-12/h3-5,7H,6H2,1-2H3. The van der Waals surface area contributed by atoms with Crippen molar-refractivity contribution in [3.05, 3.63) is 43.8 Å². The summed E-state index contributed by atoms with van der Waals surface area (Å²) in [7, 11) is 0. The lowest BCUT2D eigenvalue weighted by Crippen LogP contribution is -2.00. The zero-order chi connectivity index (χ0) is 13.1. The van der Waals surface area contributed by atoms with Crippen LogP contribution in [0.3, 0.4) is 0 Å². The van der Waals surface area contributed by atoms with Crippen molar-refractivity contribution in [2.45, 2.75) is 20.5 Å². The summed E-state index contributed by atoms with van der Waals surface area (Å²) in [5.41, 5.74) is 2.47. The van der Waals surface area contributed by atoms with E-state index in [1.165, 1.54) is 0 Å². The number of aromatic nitrogens is 1. The van der Waals surface area contributed by atoms with E-state index in [9.17, 15) is 4.79 Å². The van der Waals surface area contributed by atoms with Crippen LogP contribution in [0.5, 0.6) is 5.75 Å². The van der Waals surface area contributed by atoms with E-state index in [0.29, 0.717) is 17.9 Å². The van der Waals surface area contributed by atoms with Crippen molar-refractivity contribution in [3.63, 3.8) is 0 Å². The van der Waals surface area contributed by atoms with Gasteiger partial charge in [-0.2, -0.15) is 0 Å². The van der Waals surface area contributed by atoms with Gasteiger partial charge in [0.25, 0.3) is 0 Å². The highest BCUT2D eigenvalue weighted by atomic mass is 79.9. The van der Waals surface area contributed by atoms with Crippen LogP contribution in [-0.4, -0.2) is 11.3 Å². The second-order valence-corrected chi connectivity index (χ2v) is 5.79. The zero-order valence-electron chi connectivity index (χ0n) is 10.1. The number of aryl methyl sites for hydroxylation is 2. The van der Waals surface area contributed by atoms with Gasteiger partial charge in [-0.05, 0) is 31.5 Å². The van der Waals surface area contributed by atoms with Crippen LogP contribution in [0.25, 0.3) is 0 Å². The van der Waals surface area contributed by atoms with Crippen LogP contribution in [-0.2, 0) is 6.61 Å². The molecule has 0 aliphatic rings. The molecule has 1 heterocycles. The van der Waals surface area contributed by atoms with Gasteiger partial charge in [0, 0.05) is 15.5 Å². The molecule has 18 heavy (non-hydrogen) atoms. The second kappa shape index (κ2) is 5.63. The predicted octanol–water partition coefficient (Wildman–Crippen LogP) is 3.91. The lowest BCUT2D eigenvalue weighted by molar-refractivity contribution is 0.111. The molecule has 3 nitrogen and oxygen atoms in total. The summed E-state index contributed by atoms with van der Waals surface area (Å²) in [6.45, 7) is 4.25. The van der Waals surface area contributed by atoms with E-state index < -0.39 is 0 Å². The average Bonchev–Trinajstić information content (AvgIpc) is 2.73. The Morgan fingerprint density at radius 1 is 1.44 bits per heavy atom. The SMILES string of the molecule is Cc1csc(COc2c(C)cc(Br)cc2C=O)n1. The number of carbonyl (C=O) groups is 1. The van der Waals surface area contributed by atoms with Gasteiger partial charge in [-0.15, -0.1) is 11.3 Å². The largest absolute Gasteiger partial charge is 0.485 e. The maximum atomic E-state index is 11.0. The van der Waals surface area contributed by atoms with E-state index >= 15 is 0 Å². The highest BCUT2D eigenvalue weighted by molar-refractivity contribution is 9.10. The highest BCUT2D eigenvalue weighted by Crippen LogP contribution is 2.27. The van der Waals surface area contributed by atoms with Gasteiger partial charge in [0.05, 0.1) is 5.56 Å². The smallest absolute Gasteiger partial charge is 0.153 e. The molecule has 0 amide bonds. The van der Waals surface area contributed by atoms with Gasteiger partial charge in [0.2, 0.25) is 0 Å². The van der Waals surface area contributed by atoms with Crippen LogP contribution in [0.4, 0.5) is 0 Å². The average molecular weight is 326 g/mol. The Morgan fingerprint density at radius 2 is 2.22 bits per heavy atom.